The second kappa shape index (κ2) is 7.40. The molecule has 0 aliphatic carbocycles. The highest BCUT2D eigenvalue weighted by atomic mass is 16.6. The van der Waals surface area contributed by atoms with E-state index in [2.05, 4.69) is 18.7 Å². The lowest BCUT2D eigenvalue weighted by molar-refractivity contribution is -0.384. The van der Waals surface area contributed by atoms with E-state index >= 15 is 0 Å². The van der Waals surface area contributed by atoms with Gasteiger partial charge in [-0.15, -0.1) is 0 Å². The van der Waals surface area contributed by atoms with Crippen LogP contribution in [0.15, 0.2) is 48.5 Å². The molecule has 0 N–H and O–H groups in total. The number of hydrogen-bond donors (Lipinski definition) is 0. The van der Waals surface area contributed by atoms with Crippen LogP contribution in [0.3, 0.4) is 0 Å². The number of carbonyl (C=O) groups excluding carboxylic acids is 1. The molecule has 2 rings (SSSR count). The molecule has 0 aromatic heterocycles. The van der Waals surface area contributed by atoms with Gasteiger partial charge >= 0.3 is 5.97 Å². The Hall–Kier alpha value is -2.89. The fourth-order valence-corrected chi connectivity index (χ4v) is 2.20. The van der Waals surface area contributed by atoms with Crippen LogP contribution >= 0.6 is 0 Å². The Kier molecular flexibility index (Phi) is 5.30. The lowest BCUT2D eigenvalue weighted by atomic mass is 10.2. The molecule has 0 fully saturated rings. The van der Waals surface area contributed by atoms with Crippen molar-refractivity contribution in [1.29, 1.82) is 0 Å². The molecule has 23 heavy (non-hydrogen) atoms. The first-order valence-electron chi connectivity index (χ1n) is 7.36. The average molecular weight is 314 g/mol. The van der Waals surface area contributed by atoms with E-state index in [1.807, 2.05) is 12.1 Å². The third-order valence-corrected chi connectivity index (χ3v) is 3.49. The molecule has 0 radical (unpaired) electrons. The van der Waals surface area contributed by atoms with Crippen molar-refractivity contribution in [3.05, 3.63) is 64.2 Å². The monoisotopic (exact) mass is 314 g/mol. The summed E-state index contributed by atoms with van der Waals surface area (Å²) in [7, 11) is 0. The number of carbonyl (C=O) groups is 1. The highest BCUT2D eigenvalue weighted by molar-refractivity contribution is 5.91. The number of hydrogen-bond acceptors (Lipinski definition) is 5. The van der Waals surface area contributed by atoms with Gasteiger partial charge in [-0.05, 0) is 50.2 Å². The van der Waals surface area contributed by atoms with Gasteiger partial charge in [0.05, 0.1) is 10.5 Å². The van der Waals surface area contributed by atoms with Gasteiger partial charge in [0, 0.05) is 30.9 Å². The Labute approximate surface area is 134 Å². The van der Waals surface area contributed by atoms with E-state index in [0.717, 1.165) is 18.8 Å². The second-order valence-electron chi connectivity index (χ2n) is 4.86. The van der Waals surface area contributed by atoms with E-state index in [9.17, 15) is 14.9 Å². The molecule has 6 heteroatoms. The lowest BCUT2D eigenvalue weighted by Crippen LogP contribution is -2.21. The highest BCUT2D eigenvalue weighted by Crippen LogP contribution is 2.20. The maximum absolute atomic E-state index is 12.1. The number of nitrogens with zero attached hydrogens (tertiary/aromatic N) is 2. The van der Waals surface area contributed by atoms with Gasteiger partial charge in [0.15, 0.2) is 0 Å². The summed E-state index contributed by atoms with van der Waals surface area (Å²) in [6, 6.07) is 12.6. The van der Waals surface area contributed by atoms with Gasteiger partial charge in [0.1, 0.15) is 5.75 Å². The number of nitro groups is 1. The molecule has 0 saturated heterocycles. The maximum atomic E-state index is 12.1. The predicted octanol–water partition coefficient (Wildman–Crippen LogP) is 3.66. The molecule has 0 spiro atoms. The summed E-state index contributed by atoms with van der Waals surface area (Å²) in [6.45, 7) is 5.92. The van der Waals surface area contributed by atoms with Gasteiger partial charge in [-0.2, -0.15) is 0 Å². The van der Waals surface area contributed by atoms with Crippen molar-refractivity contribution in [3.8, 4) is 5.75 Å². The molecule has 6 nitrogen and oxygen atoms in total. The van der Waals surface area contributed by atoms with E-state index in [1.165, 1.54) is 24.3 Å². The Morgan fingerprint density at radius 1 is 1.04 bits per heavy atom. The maximum Gasteiger partial charge on any atom is 0.343 e. The minimum Gasteiger partial charge on any atom is -0.423 e. The number of nitro benzene ring substituents is 1. The van der Waals surface area contributed by atoms with Gasteiger partial charge in [-0.25, -0.2) is 4.79 Å². The fourth-order valence-electron chi connectivity index (χ4n) is 2.20. The van der Waals surface area contributed by atoms with E-state index < -0.39 is 10.9 Å². The molecular weight excluding hydrogens is 296 g/mol. The van der Waals surface area contributed by atoms with Crippen LogP contribution in [0.1, 0.15) is 24.2 Å². The van der Waals surface area contributed by atoms with Crippen LogP contribution in [0, 0.1) is 10.1 Å². The topological polar surface area (TPSA) is 72.7 Å². The molecular formula is C17H18N2O4. The zero-order chi connectivity index (χ0) is 16.8. The summed E-state index contributed by atoms with van der Waals surface area (Å²) >= 11 is 0. The number of anilines is 1. The zero-order valence-corrected chi connectivity index (χ0v) is 13.1. The van der Waals surface area contributed by atoms with E-state index in [0.29, 0.717) is 5.56 Å². The van der Waals surface area contributed by atoms with Crippen molar-refractivity contribution < 1.29 is 14.5 Å². The molecule has 2 aromatic carbocycles. The highest BCUT2D eigenvalue weighted by Gasteiger charge is 2.11. The quantitative estimate of drug-likeness (QED) is 0.352. The summed E-state index contributed by atoms with van der Waals surface area (Å²) in [6.07, 6.45) is 0. The first-order valence-corrected chi connectivity index (χ1v) is 7.36. The van der Waals surface area contributed by atoms with Gasteiger partial charge in [0.25, 0.3) is 5.69 Å². The summed E-state index contributed by atoms with van der Waals surface area (Å²) in [5.41, 5.74) is 1.43. The number of rotatable bonds is 6. The smallest absolute Gasteiger partial charge is 0.343 e. The van der Waals surface area contributed by atoms with Crippen LogP contribution < -0.4 is 9.64 Å². The summed E-state index contributed by atoms with van der Waals surface area (Å²) in [4.78, 5) is 24.3. The third kappa shape index (κ3) is 4.06. The van der Waals surface area contributed by atoms with E-state index in [-0.39, 0.29) is 11.4 Å². The van der Waals surface area contributed by atoms with Crippen molar-refractivity contribution in [3.63, 3.8) is 0 Å². The van der Waals surface area contributed by atoms with Crippen LogP contribution in [0.25, 0.3) is 0 Å². The first kappa shape index (κ1) is 16.5. The molecule has 0 saturated carbocycles. The molecule has 0 heterocycles. The molecule has 0 bridgehead atoms. The van der Waals surface area contributed by atoms with Crippen LogP contribution in [-0.2, 0) is 0 Å². The van der Waals surface area contributed by atoms with Crippen LogP contribution in [0.5, 0.6) is 5.75 Å². The second-order valence-corrected chi connectivity index (χ2v) is 4.86. The summed E-state index contributed by atoms with van der Waals surface area (Å²) in [5.74, 6) is -0.224. The summed E-state index contributed by atoms with van der Waals surface area (Å²) < 4.78 is 5.21. The molecule has 0 amide bonds. The van der Waals surface area contributed by atoms with Crippen molar-refractivity contribution in [2.24, 2.45) is 0 Å². The zero-order valence-electron chi connectivity index (χ0n) is 13.1. The van der Waals surface area contributed by atoms with Crippen LogP contribution in [-0.4, -0.2) is 24.0 Å². The Balaban J connectivity index is 2.07. The molecule has 0 atom stereocenters. The Bertz CT molecular complexity index is 677. The Morgan fingerprint density at radius 3 is 2.09 bits per heavy atom. The number of ether oxygens (including phenoxy) is 1. The van der Waals surface area contributed by atoms with Crippen LogP contribution in [0.2, 0.25) is 0 Å². The normalized spacial score (nSPS) is 10.2. The van der Waals surface area contributed by atoms with Gasteiger partial charge < -0.3 is 9.64 Å². The minimum atomic E-state index is -0.502. The SMILES string of the molecule is CCN(CC)c1ccc(C(=O)Oc2ccc([N+](=O)[O-])cc2)cc1. The Morgan fingerprint density at radius 2 is 1.61 bits per heavy atom. The average Bonchev–Trinajstić information content (AvgIpc) is 2.57. The molecule has 0 aliphatic rings. The van der Waals surface area contributed by atoms with Gasteiger partial charge in [0.2, 0.25) is 0 Å². The fraction of sp³-hybridized carbons (Fsp3) is 0.235. The number of benzene rings is 2. The van der Waals surface area contributed by atoms with Crippen molar-refractivity contribution in [2.75, 3.05) is 18.0 Å². The van der Waals surface area contributed by atoms with Crippen molar-refractivity contribution >= 4 is 17.3 Å². The first-order chi connectivity index (χ1) is 11.0. The van der Waals surface area contributed by atoms with E-state index in [4.69, 9.17) is 4.74 Å². The van der Waals surface area contributed by atoms with E-state index in [1.54, 1.807) is 12.1 Å². The van der Waals surface area contributed by atoms with Gasteiger partial charge in [-0.3, -0.25) is 10.1 Å². The number of non-ortho nitro benzene ring substituents is 1. The largest absolute Gasteiger partial charge is 0.423 e. The lowest BCUT2D eigenvalue weighted by Gasteiger charge is -2.20. The van der Waals surface area contributed by atoms with Gasteiger partial charge in [-0.1, -0.05) is 0 Å². The molecule has 2 aromatic rings. The number of esters is 1. The predicted molar refractivity (Wildman–Crippen MR) is 88.1 cm³/mol. The molecule has 0 unspecified atom stereocenters. The molecule has 0 aliphatic heterocycles. The summed E-state index contributed by atoms with van der Waals surface area (Å²) in [5, 5.41) is 10.6. The standard InChI is InChI=1S/C17H18N2O4/c1-3-18(4-2)14-7-5-13(6-8-14)17(20)23-16-11-9-15(10-12-16)19(21)22/h5-12H,3-4H2,1-2H3. The van der Waals surface area contributed by atoms with Crippen molar-refractivity contribution in [2.45, 2.75) is 13.8 Å². The molecule has 120 valence electrons. The third-order valence-electron chi connectivity index (χ3n) is 3.49. The van der Waals surface area contributed by atoms with Crippen LogP contribution in [0.4, 0.5) is 11.4 Å². The minimum absolute atomic E-state index is 0.0478. The van der Waals surface area contributed by atoms with Crippen molar-refractivity contribution in [1.82, 2.24) is 0 Å².